The summed E-state index contributed by atoms with van der Waals surface area (Å²) >= 11 is 0. The second kappa shape index (κ2) is 8.10. The van der Waals surface area contributed by atoms with Gasteiger partial charge in [0, 0.05) is 30.6 Å². The number of nitrogens with one attached hydrogen (secondary N) is 1. The fourth-order valence-electron chi connectivity index (χ4n) is 2.59. The van der Waals surface area contributed by atoms with Crippen LogP contribution in [0.5, 0.6) is 11.6 Å². The lowest BCUT2D eigenvalue weighted by atomic mass is 10.1. The van der Waals surface area contributed by atoms with Crippen LogP contribution in [-0.4, -0.2) is 15.0 Å². The van der Waals surface area contributed by atoms with Crippen LogP contribution in [0.1, 0.15) is 5.56 Å². The van der Waals surface area contributed by atoms with Crippen LogP contribution in [0.3, 0.4) is 0 Å². The zero-order valence-electron chi connectivity index (χ0n) is 14.6. The minimum absolute atomic E-state index is 0.524. The topological polar surface area (TPSA) is 59.9 Å². The minimum Gasteiger partial charge on any atom is -0.437 e. The number of nitrogens with zero attached hydrogens (tertiary/aromatic N) is 3. The first kappa shape index (κ1) is 16.7. The van der Waals surface area contributed by atoms with Gasteiger partial charge in [0.2, 0.25) is 5.88 Å². The highest BCUT2D eigenvalue weighted by Gasteiger charge is 2.03. The standard InChI is InChI=1S/C22H18N4O/c1-2-6-18(7-3-1)21-10-9-20(16-25-21)27-22-11-8-19(15-26-22)24-14-17-5-4-12-23-13-17/h1-13,15-16,24H,14H2. The first-order valence-corrected chi connectivity index (χ1v) is 8.65. The molecule has 132 valence electrons. The molecule has 5 heteroatoms. The number of aromatic nitrogens is 3. The molecule has 3 heterocycles. The average molecular weight is 354 g/mol. The van der Waals surface area contributed by atoms with E-state index < -0.39 is 0 Å². The molecule has 27 heavy (non-hydrogen) atoms. The Kier molecular flexibility index (Phi) is 5.02. The van der Waals surface area contributed by atoms with E-state index in [0.29, 0.717) is 18.2 Å². The summed E-state index contributed by atoms with van der Waals surface area (Å²) < 4.78 is 5.78. The Morgan fingerprint density at radius 1 is 0.778 bits per heavy atom. The molecule has 5 nitrogen and oxygen atoms in total. The molecule has 0 bridgehead atoms. The van der Waals surface area contributed by atoms with Gasteiger partial charge < -0.3 is 10.1 Å². The van der Waals surface area contributed by atoms with Crippen molar-refractivity contribution in [2.24, 2.45) is 0 Å². The minimum atomic E-state index is 0.524. The van der Waals surface area contributed by atoms with Crippen molar-refractivity contribution in [3.63, 3.8) is 0 Å². The third-order valence-corrected chi connectivity index (χ3v) is 3.98. The van der Waals surface area contributed by atoms with E-state index in [2.05, 4.69) is 20.3 Å². The summed E-state index contributed by atoms with van der Waals surface area (Å²) in [5.41, 5.74) is 4.02. The van der Waals surface area contributed by atoms with Crippen molar-refractivity contribution in [1.29, 1.82) is 0 Å². The van der Waals surface area contributed by atoms with Crippen molar-refractivity contribution in [3.05, 3.63) is 97.1 Å². The molecule has 4 aromatic rings. The van der Waals surface area contributed by atoms with Crippen LogP contribution in [0.2, 0.25) is 0 Å². The highest BCUT2D eigenvalue weighted by atomic mass is 16.5. The first-order chi connectivity index (χ1) is 13.4. The number of hydrogen-bond acceptors (Lipinski definition) is 5. The molecule has 0 aliphatic rings. The highest BCUT2D eigenvalue weighted by Crippen LogP contribution is 2.23. The molecule has 0 amide bonds. The van der Waals surface area contributed by atoms with E-state index >= 15 is 0 Å². The Balaban J connectivity index is 1.37. The lowest BCUT2D eigenvalue weighted by Crippen LogP contribution is -2.00. The molecule has 0 aliphatic carbocycles. The second-order valence-corrected chi connectivity index (χ2v) is 5.95. The Hall–Kier alpha value is -3.73. The van der Waals surface area contributed by atoms with Crippen LogP contribution in [0.4, 0.5) is 5.69 Å². The maximum absolute atomic E-state index is 5.78. The second-order valence-electron chi connectivity index (χ2n) is 5.95. The van der Waals surface area contributed by atoms with Crippen LogP contribution >= 0.6 is 0 Å². The summed E-state index contributed by atoms with van der Waals surface area (Å²) in [6, 6.07) is 21.6. The molecule has 1 aromatic carbocycles. The van der Waals surface area contributed by atoms with Gasteiger partial charge in [0.15, 0.2) is 0 Å². The van der Waals surface area contributed by atoms with Gasteiger partial charge in [-0.2, -0.15) is 0 Å². The number of benzene rings is 1. The van der Waals surface area contributed by atoms with Crippen molar-refractivity contribution >= 4 is 5.69 Å². The quantitative estimate of drug-likeness (QED) is 0.531. The molecule has 4 rings (SSSR count). The molecule has 0 saturated heterocycles. The predicted molar refractivity (Wildman–Crippen MR) is 106 cm³/mol. The number of pyridine rings is 3. The van der Waals surface area contributed by atoms with Gasteiger partial charge >= 0.3 is 0 Å². The van der Waals surface area contributed by atoms with Crippen LogP contribution < -0.4 is 10.1 Å². The summed E-state index contributed by atoms with van der Waals surface area (Å²) in [6.45, 7) is 0.695. The van der Waals surface area contributed by atoms with Gasteiger partial charge in [-0.25, -0.2) is 4.98 Å². The number of rotatable bonds is 6. The van der Waals surface area contributed by atoms with E-state index in [-0.39, 0.29) is 0 Å². The molecule has 0 aliphatic heterocycles. The first-order valence-electron chi connectivity index (χ1n) is 8.65. The molecule has 1 N–H and O–H groups in total. The molecule has 0 atom stereocenters. The van der Waals surface area contributed by atoms with E-state index in [0.717, 1.165) is 22.5 Å². The molecule has 3 aromatic heterocycles. The lowest BCUT2D eigenvalue weighted by Gasteiger charge is -2.08. The van der Waals surface area contributed by atoms with Crippen molar-refractivity contribution in [3.8, 4) is 22.9 Å². The summed E-state index contributed by atoms with van der Waals surface area (Å²) in [7, 11) is 0. The van der Waals surface area contributed by atoms with E-state index in [4.69, 9.17) is 4.74 Å². The Morgan fingerprint density at radius 3 is 2.41 bits per heavy atom. The molecule has 0 radical (unpaired) electrons. The van der Waals surface area contributed by atoms with Crippen LogP contribution in [0.15, 0.2) is 91.5 Å². The van der Waals surface area contributed by atoms with Crippen LogP contribution in [0, 0.1) is 0 Å². The lowest BCUT2D eigenvalue weighted by molar-refractivity contribution is 0.461. The van der Waals surface area contributed by atoms with E-state index in [1.165, 1.54) is 0 Å². The van der Waals surface area contributed by atoms with Gasteiger partial charge in [-0.05, 0) is 29.8 Å². The van der Waals surface area contributed by atoms with E-state index in [9.17, 15) is 0 Å². The Labute approximate surface area is 157 Å². The van der Waals surface area contributed by atoms with E-state index in [1.54, 1.807) is 18.6 Å². The predicted octanol–water partition coefficient (Wildman–Crippen LogP) is 4.94. The fourth-order valence-corrected chi connectivity index (χ4v) is 2.59. The average Bonchev–Trinajstić information content (AvgIpc) is 2.75. The van der Waals surface area contributed by atoms with Gasteiger partial charge in [0.1, 0.15) is 5.75 Å². The highest BCUT2D eigenvalue weighted by molar-refractivity contribution is 5.59. The van der Waals surface area contributed by atoms with Crippen molar-refractivity contribution in [2.75, 3.05) is 5.32 Å². The smallest absolute Gasteiger partial charge is 0.219 e. The molecule has 0 unspecified atom stereocenters. The van der Waals surface area contributed by atoms with Gasteiger partial charge in [0.05, 0.1) is 23.8 Å². The van der Waals surface area contributed by atoms with E-state index in [1.807, 2.05) is 72.9 Å². The van der Waals surface area contributed by atoms with Gasteiger partial charge in [-0.15, -0.1) is 0 Å². The summed E-state index contributed by atoms with van der Waals surface area (Å²) in [6.07, 6.45) is 7.05. The monoisotopic (exact) mass is 354 g/mol. The summed E-state index contributed by atoms with van der Waals surface area (Å²) in [5, 5.41) is 3.31. The van der Waals surface area contributed by atoms with Gasteiger partial charge in [0.25, 0.3) is 0 Å². The molecular formula is C22H18N4O. The molecule has 0 saturated carbocycles. The summed E-state index contributed by atoms with van der Waals surface area (Å²) in [5.74, 6) is 1.18. The zero-order valence-corrected chi connectivity index (χ0v) is 14.6. The van der Waals surface area contributed by atoms with Crippen molar-refractivity contribution in [1.82, 2.24) is 15.0 Å². The Morgan fingerprint density at radius 2 is 1.70 bits per heavy atom. The number of anilines is 1. The van der Waals surface area contributed by atoms with Crippen molar-refractivity contribution < 1.29 is 4.74 Å². The van der Waals surface area contributed by atoms with Crippen LogP contribution in [-0.2, 0) is 6.54 Å². The van der Waals surface area contributed by atoms with Crippen molar-refractivity contribution in [2.45, 2.75) is 6.54 Å². The number of ether oxygens (including phenoxy) is 1. The Bertz CT molecular complexity index is 972. The largest absolute Gasteiger partial charge is 0.437 e. The fraction of sp³-hybridized carbons (Fsp3) is 0.0455. The normalized spacial score (nSPS) is 10.4. The van der Waals surface area contributed by atoms with Gasteiger partial charge in [-0.1, -0.05) is 36.4 Å². The van der Waals surface area contributed by atoms with Crippen LogP contribution in [0.25, 0.3) is 11.3 Å². The third kappa shape index (κ3) is 4.46. The maximum Gasteiger partial charge on any atom is 0.219 e. The maximum atomic E-state index is 5.78. The SMILES string of the molecule is c1ccc(-c2ccc(Oc3ccc(NCc4cccnc4)cn3)cn2)cc1. The molecule has 0 fully saturated rings. The third-order valence-electron chi connectivity index (χ3n) is 3.98. The summed E-state index contributed by atoms with van der Waals surface area (Å²) in [4.78, 5) is 12.9. The molecule has 0 spiro atoms. The number of hydrogen-bond donors (Lipinski definition) is 1. The zero-order chi connectivity index (χ0) is 18.3. The van der Waals surface area contributed by atoms with Gasteiger partial charge in [-0.3, -0.25) is 9.97 Å². The molecular weight excluding hydrogens is 336 g/mol.